The molecule has 1 N–H and O–H groups in total. The molecule has 0 amide bonds. The molecule has 2 aromatic heterocycles. The van der Waals surface area contributed by atoms with Gasteiger partial charge in [-0.1, -0.05) is 12.1 Å². The summed E-state index contributed by atoms with van der Waals surface area (Å²) in [5.74, 6) is 1.70. The Morgan fingerprint density at radius 2 is 1.95 bits per heavy atom. The largest absolute Gasteiger partial charge is 0.357 e. The zero-order chi connectivity index (χ0) is 14.8. The molecule has 0 atom stereocenters. The van der Waals surface area contributed by atoms with Crippen molar-refractivity contribution in [3.63, 3.8) is 0 Å². The Balaban J connectivity index is 2.03. The van der Waals surface area contributed by atoms with Crippen LogP contribution < -0.4 is 5.32 Å². The first kappa shape index (κ1) is 13.5. The number of anilines is 1. The zero-order valence-electron chi connectivity index (χ0n) is 12.6. The highest BCUT2D eigenvalue weighted by Gasteiger charge is 2.11. The molecule has 5 heteroatoms. The van der Waals surface area contributed by atoms with E-state index in [1.54, 1.807) is 0 Å². The van der Waals surface area contributed by atoms with Gasteiger partial charge in [-0.25, -0.2) is 15.0 Å². The van der Waals surface area contributed by atoms with Crippen LogP contribution in [-0.2, 0) is 13.0 Å². The third-order valence-electron chi connectivity index (χ3n) is 3.52. The van der Waals surface area contributed by atoms with Gasteiger partial charge < -0.3 is 9.88 Å². The molecule has 21 heavy (non-hydrogen) atoms. The van der Waals surface area contributed by atoms with Crippen molar-refractivity contribution in [2.24, 2.45) is 0 Å². The van der Waals surface area contributed by atoms with E-state index in [4.69, 9.17) is 4.98 Å². The third-order valence-corrected chi connectivity index (χ3v) is 3.52. The molecule has 3 rings (SSSR count). The van der Waals surface area contributed by atoms with Crippen molar-refractivity contribution in [1.82, 2.24) is 19.5 Å². The number of nitrogens with one attached hydrogen (secondary N) is 1. The van der Waals surface area contributed by atoms with Crippen LogP contribution >= 0.6 is 0 Å². The fourth-order valence-corrected chi connectivity index (χ4v) is 2.61. The minimum absolute atomic E-state index is 0.657. The predicted molar refractivity (Wildman–Crippen MR) is 84.5 cm³/mol. The second-order valence-corrected chi connectivity index (χ2v) is 5.01. The molecule has 0 radical (unpaired) electrons. The Morgan fingerprint density at radius 3 is 2.71 bits per heavy atom. The van der Waals surface area contributed by atoms with Gasteiger partial charge in [-0.2, -0.15) is 0 Å². The number of aryl methyl sites for hydroxylation is 2. The number of hydrogen-bond donors (Lipinski definition) is 1. The van der Waals surface area contributed by atoms with Gasteiger partial charge in [0.05, 0.1) is 16.7 Å². The Labute approximate surface area is 124 Å². The minimum Gasteiger partial charge on any atom is -0.357 e. The first-order valence-corrected chi connectivity index (χ1v) is 7.17. The molecule has 5 nitrogen and oxygen atoms in total. The standard InChI is InChI=1S/C16H19N5/c1-4-21-14-8-6-5-7-13(14)20-15(21)10-12-9-11(2)18-16(17-3)19-12/h5-9H,4,10H2,1-3H3,(H,17,18,19). The Hall–Kier alpha value is -2.43. The lowest BCUT2D eigenvalue weighted by Gasteiger charge is -2.07. The Kier molecular flexibility index (Phi) is 3.56. The average Bonchev–Trinajstić information content (AvgIpc) is 2.83. The maximum absolute atomic E-state index is 4.75. The minimum atomic E-state index is 0.657. The van der Waals surface area contributed by atoms with Crippen molar-refractivity contribution in [2.45, 2.75) is 26.8 Å². The molecular formula is C16H19N5. The predicted octanol–water partition coefficient (Wildman–Crippen LogP) is 2.79. The van der Waals surface area contributed by atoms with E-state index in [1.165, 1.54) is 5.52 Å². The summed E-state index contributed by atoms with van der Waals surface area (Å²) in [6, 6.07) is 10.2. The van der Waals surface area contributed by atoms with Crippen LogP contribution in [0.1, 0.15) is 24.1 Å². The van der Waals surface area contributed by atoms with Crippen molar-refractivity contribution < 1.29 is 0 Å². The van der Waals surface area contributed by atoms with Gasteiger partial charge in [0.1, 0.15) is 5.82 Å². The average molecular weight is 281 g/mol. The second kappa shape index (κ2) is 5.52. The van der Waals surface area contributed by atoms with Crippen molar-refractivity contribution >= 4 is 17.0 Å². The quantitative estimate of drug-likeness (QED) is 0.799. The molecule has 108 valence electrons. The summed E-state index contributed by atoms with van der Waals surface area (Å²) >= 11 is 0. The molecule has 0 aliphatic carbocycles. The van der Waals surface area contributed by atoms with Crippen molar-refractivity contribution in [3.8, 4) is 0 Å². The summed E-state index contributed by atoms with van der Waals surface area (Å²) in [6.45, 7) is 5.02. The molecule has 0 fully saturated rings. The maximum atomic E-state index is 4.75. The van der Waals surface area contributed by atoms with Crippen LogP contribution in [0.15, 0.2) is 30.3 Å². The van der Waals surface area contributed by atoms with Crippen molar-refractivity contribution in [2.75, 3.05) is 12.4 Å². The van der Waals surface area contributed by atoms with Crippen molar-refractivity contribution in [1.29, 1.82) is 0 Å². The number of aromatic nitrogens is 4. The van der Waals surface area contributed by atoms with Gasteiger partial charge in [-0.3, -0.25) is 0 Å². The van der Waals surface area contributed by atoms with E-state index in [0.29, 0.717) is 12.4 Å². The molecule has 0 aliphatic rings. The lowest BCUT2D eigenvalue weighted by Crippen LogP contribution is -2.06. The van der Waals surface area contributed by atoms with Gasteiger partial charge >= 0.3 is 0 Å². The first-order chi connectivity index (χ1) is 10.2. The summed E-state index contributed by atoms with van der Waals surface area (Å²) in [5.41, 5.74) is 4.16. The third kappa shape index (κ3) is 2.59. The number of hydrogen-bond acceptors (Lipinski definition) is 4. The molecule has 0 aliphatic heterocycles. The summed E-state index contributed by atoms with van der Waals surface area (Å²) in [6.07, 6.45) is 0.709. The van der Waals surface area contributed by atoms with E-state index in [-0.39, 0.29) is 0 Å². The van der Waals surface area contributed by atoms with Crippen LogP contribution in [-0.4, -0.2) is 26.6 Å². The molecule has 0 saturated heterocycles. The number of nitrogens with zero attached hydrogens (tertiary/aromatic N) is 4. The van der Waals surface area contributed by atoms with Crippen LogP contribution in [0.4, 0.5) is 5.95 Å². The van der Waals surface area contributed by atoms with E-state index in [0.717, 1.165) is 29.3 Å². The lowest BCUT2D eigenvalue weighted by molar-refractivity contribution is 0.728. The van der Waals surface area contributed by atoms with Crippen LogP contribution in [0, 0.1) is 6.92 Å². The van der Waals surface area contributed by atoms with Gasteiger partial charge in [0.15, 0.2) is 0 Å². The molecule has 0 spiro atoms. The zero-order valence-corrected chi connectivity index (χ0v) is 12.6. The van der Waals surface area contributed by atoms with Gasteiger partial charge in [-0.05, 0) is 32.0 Å². The van der Waals surface area contributed by atoms with Crippen LogP contribution in [0.5, 0.6) is 0 Å². The maximum Gasteiger partial charge on any atom is 0.222 e. The van der Waals surface area contributed by atoms with E-state index >= 15 is 0 Å². The van der Waals surface area contributed by atoms with Crippen molar-refractivity contribution in [3.05, 3.63) is 47.5 Å². The number of para-hydroxylation sites is 2. The summed E-state index contributed by atoms with van der Waals surface area (Å²) < 4.78 is 2.24. The second-order valence-electron chi connectivity index (χ2n) is 5.01. The van der Waals surface area contributed by atoms with Gasteiger partial charge in [0.25, 0.3) is 0 Å². The molecule has 2 heterocycles. The Bertz CT molecular complexity index is 775. The summed E-state index contributed by atoms with van der Waals surface area (Å²) in [5, 5.41) is 3.00. The van der Waals surface area contributed by atoms with Crippen LogP contribution in [0.2, 0.25) is 0 Å². The van der Waals surface area contributed by atoms with Crippen LogP contribution in [0.25, 0.3) is 11.0 Å². The molecule has 0 saturated carbocycles. The highest BCUT2D eigenvalue weighted by molar-refractivity contribution is 5.75. The monoisotopic (exact) mass is 281 g/mol. The smallest absolute Gasteiger partial charge is 0.222 e. The summed E-state index contributed by atoms with van der Waals surface area (Å²) in [7, 11) is 1.83. The van der Waals surface area contributed by atoms with E-state index < -0.39 is 0 Å². The topological polar surface area (TPSA) is 55.6 Å². The number of fused-ring (bicyclic) bond motifs is 1. The fourth-order valence-electron chi connectivity index (χ4n) is 2.61. The lowest BCUT2D eigenvalue weighted by atomic mass is 10.2. The van der Waals surface area contributed by atoms with Crippen LogP contribution in [0.3, 0.4) is 0 Å². The molecule has 0 unspecified atom stereocenters. The normalized spacial score (nSPS) is 11.0. The number of rotatable bonds is 4. The highest BCUT2D eigenvalue weighted by atomic mass is 15.1. The van der Waals surface area contributed by atoms with E-state index in [2.05, 4.69) is 38.9 Å². The molecule has 0 bridgehead atoms. The SMILES string of the molecule is CCn1c(Cc2cc(C)nc(NC)n2)nc2ccccc21. The molecule has 1 aromatic carbocycles. The summed E-state index contributed by atoms with van der Waals surface area (Å²) in [4.78, 5) is 13.6. The van der Waals surface area contributed by atoms with E-state index in [1.807, 2.05) is 32.2 Å². The van der Waals surface area contributed by atoms with Gasteiger partial charge in [-0.15, -0.1) is 0 Å². The highest BCUT2D eigenvalue weighted by Crippen LogP contribution is 2.18. The Morgan fingerprint density at radius 1 is 1.14 bits per heavy atom. The van der Waals surface area contributed by atoms with Gasteiger partial charge in [0.2, 0.25) is 5.95 Å². The molecular weight excluding hydrogens is 262 g/mol. The van der Waals surface area contributed by atoms with Gasteiger partial charge in [0, 0.05) is 25.7 Å². The molecule has 3 aromatic rings. The number of benzene rings is 1. The fraction of sp³-hybridized carbons (Fsp3) is 0.312. The number of imidazole rings is 1. The van der Waals surface area contributed by atoms with E-state index in [9.17, 15) is 0 Å². The first-order valence-electron chi connectivity index (χ1n) is 7.17.